The second-order valence-corrected chi connectivity index (χ2v) is 5.51. The fraction of sp³-hybridized carbons (Fsp3) is 0. The van der Waals surface area contributed by atoms with Gasteiger partial charge in [-0.3, -0.25) is 14.5 Å². The summed E-state index contributed by atoms with van der Waals surface area (Å²) in [7, 11) is -1.58. The number of nitrogens with one attached hydrogen (secondary N) is 1. The largest absolute Gasteiger partial charge is 0.269 e. The zero-order valence-corrected chi connectivity index (χ0v) is 10.9. The average Bonchev–Trinajstić information content (AvgIpc) is 3.01. The number of nitrogens with zero attached hydrogens (tertiary/aromatic N) is 3. The quantitative estimate of drug-likeness (QED) is 0.728. The maximum atomic E-state index is 11.8. The Morgan fingerprint density at radius 1 is 1.15 bits per heavy atom. The van der Waals surface area contributed by atoms with Gasteiger partial charge in [-0.05, 0) is 6.07 Å². The third-order valence-electron chi connectivity index (χ3n) is 3.17. The van der Waals surface area contributed by atoms with Gasteiger partial charge in [-0.15, -0.1) is 0 Å². The minimum absolute atomic E-state index is 0.321. The second-order valence-electron chi connectivity index (χ2n) is 4.35. The van der Waals surface area contributed by atoms with Crippen molar-refractivity contribution in [3.63, 3.8) is 0 Å². The molecule has 7 heteroatoms. The van der Waals surface area contributed by atoms with Gasteiger partial charge in [0.05, 0.1) is 23.4 Å². The number of pyridine rings is 1. The Bertz CT molecular complexity index is 928. The predicted molar refractivity (Wildman–Crippen MR) is 75.6 cm³/mol. The molecule has 20 heavy (non-hydrogen) atoms. The molecule has 6 nitrogen and oxygen atoms in total. The molecule has 0 radical (unpaired) electrons. The van der Waals surface area contributed by atoms with E-state index in [0.29, 0.717) is 5.03 Å². The van der Waals surface area contributed by atoms with Crippen LogP contribution in [0, 0.1) is 0 Å². The molecule has 0 saturated heterocycles. The summed E-state index contributed by atoms with van der Waals surface area (Å²) in [6, 6.07) is 7.73. The Kier molecular flexibility index (Phi) is 2.25. The molecule has 3 aromatic rings. The molecule has 1 unspecified atom stereocenters. The number of aromatic nitrogens is 3. The van der Waals surface area contributed by atoms with E-state index in [9.17, 15) is 9.00 Å². The van der Waals surface area contributed by atoms with E-state index in [1.165, 1.54) is 10.8 Å². The zero-order chi connectivity index (χ0) is 13.7. The monoisotopic (exact) mass is 284 g/mol. The fourth-order valence-electron chi connectivity index (χ4n) is 2.29. The van der Waals surface area contributed by atoms with Crippen molar-refractivity contribution in [1.29, 1.82) is 0 Å². The summed E-state index contributed by atoms with van der Waals surface area (Å²) in [5, 5.41) is 6.44. The number of para-hydroxylation sites is 1. The first-order chi connectivity index (χ1) is 9.74. The van der Waals surface area contributed by atoms with Crippen LogP contribution in [0.4, 0.5) is 0 Å². The van der Waals surface area contributed by atoms with E-state index < -0.39 is 11.0 Å². The summed E-state index contributed by atoms with van der Waals surface area (Å²) in [5.41, 5.74) is 1.59. The molecule has 1 N–H and O–H groups in total. The normalized spacial score (nSPS) is 18.5. The van der Waals surface area contributed by atoms with Crippen molar-refractivity contribution in [2.24, 2.45) is 0 Å². The van der Waals surface area contributed by atoms with Crippen molar-refractivity contribution in [2.75, 3.05) is 0 Å². The van der Waals surface area contributed by atoms with E-state index in [0.717, 1.165) is 21.8 Å². The number of fused-ring (bicyclic) bond motifs is 3. The van der Waals surface area contributed by atoms with Crippen LogP contribution in [0.2, 0.25) is 0 Å². The van der Waals surface area contributed by atoms with Gasteiger partial charge < -0.3 is 0 Å². The van der Waals surface area contributed by atoms with Gasteiger partial charge in [0.25, 0.3) is 5.91 Å². The highest BCUT2D eigenvalue weighted by Gasteiger charge is 2.23. The molecule has 2 aromatic heterocycles. The summed E-state index contributed by atoms with van der Waals surface area (Å²) in [6.07, 6.45) is 4.66. The zero-order valence-electron chi connectivity index (χ0n) is 10.1. The van der Waals surface area contributed by atoms with Crippen molar-refractivity contribution in [2.45, 2.75) is 0 Å². The lowest BCUT2D eigenvalue weighted by atomic mass is 10.1. The first-order valence-corrected chi connectivity index (χ1v) is 7.05. The molecule has 0 saturated carbocycles. The highest BCUT2D eigenvalue weighted by Crippen LogP contribution is 2.26. The van der Waals surface area contributed by atoms with Gasteiger partial charge in [0.1, 0.15) is 0 Å². The number of hydrogen-bond acceptors (Lipinski definition) is 4. The minimum atomic E-state index is -1.58. The molecular weight excluding hydrogens is 276 g/mol. The standard InChI is InChI=1S/C13H8N4O2S/c18-12-5-13(20(19)16-12)17-11-7-14-10-4-2-1-3-8(10)9(11)6-15-17/h1-7H,(H,16,18). The van der Waals surface area contributed by atoms with Crippen LogP contribution >= 0.6 is 0 Å². The van der Waals surface area contributed by atoms with Crippen LogP contribution < -0.4 is 4.72 Å². The van der Waals surface area contributed by atoms with Crippen LogP contribution in [0.25, 0.3) is 26.8 Å². The molecule has 0 aliphatic carbocycles. The Balaban J connectivity index is 2.04. The Labute approximate surface area is 115 Å². The molecule has 98 valence electrons. The van der Waals surface area contributed by atoms with E-state index in [1.807, 2.05) is 24.3 Å². The number of carbonyl (C=O) groups excluding carboxylic acids is 1. The molecule has 1 atom stereocenters. The van der Waals surface area contributed by atoms with Crippen molar-refractivity contribution >= 4 is 43.7 Å². The molecular formula is C13H8N4O2S. The summed E-state index contributed by atoms with van der Waals surface area (Å²) in [6.45, 7) is 0. The van der Waals surface area contributed by atoms with Gasteiger partial charge in [-0.2, -0.15) is 5.10 Å². The third-order valence-corrected chi connectivity index (χ3v) is 4.23. The molecule has 1 aromatic carbocycles. The van der Waals surface area contributed by atoms with Crippen molar-refractivity contribution in [3.8, 4) is 0 Å². The fourth-order valence-corrected chi connectivity index (χ4v) is 3.15. The summed E-state index contributed by atoms with van der Waals surface area (Å²) >= 11 is 0. The Morgan fingerprint density at radius 3 is 2.80 bits per heavy atom. The van der Waals surface area contributed by atoms with Gasteiger partial charge >= 0.3 is 0 Å². The lowest BCUT2D eigenvalue weighted by Gasteiger charge is -2.03. The summed E-state index contributed by atoms with van der Waals surface area (Å²) in [5.74, 6) is -0.379. The van der Waals surface area contributed by atoms with E-state index >= 15 is 0 Å². The maximum Gasteiger partial charge on any atom is 0.258 e. The van der Waals surface area contributed by atoms with Crippen molar-refractivity contribution in [3.05, 3.63) is 42.7 Å². The number of benzene rings is 1. The van der Waals surface area contributed by atoms with Crippen molar-refractivity contribution < 1.29 is 9.00 Å². The molecule has 1 aliphatic rings. The van der Waals surface area contributed by atoms with Gasteiger partial charge in [0.2, 0.25) is 0 Å². The third kappa shape index (κ3) is 1.50. The summed E-state index contributed by atoms with van der Waals surface area (Å²) in [4.78, 5) is 15.6. The second kappa shape index (κ2) is 3.97. The highest BCUT2D eigenvalue weighted by atomic mass is 32.2. The molecule has 1 amide bonds. The van der Waals surface area contributed by atoms with E-state index in [-0.39, 0.29) is 5.91 Å². The molecule has 0 fully saturated rings. The van der Waals surface area contributed by atoms with Gasteiger partial charge in [-0.1, -0.05) is 18.2 Å². The molecule has 4 rings (SSSR count). The van der Waals surface area contributed by atoms with E-state index in [4.69, 9.17) is 0 Å². The number of rotatable bonds is 1. The lowest BCUT2D eigenvalue weighted by molar-refractivity contribution is -0.114. The van der Waals surface area contributed by atoms with Crippen LogP contribution in [0.5, 0.6) is 0 Å². The van der Waals surface area contributed by atoms with Crippen LogP contribution in [-0.4, -0.2) is 24.9 Å². The predicted octanol–water partition coefficient (Wildman–Crippen LogP) is 1.18. The lowest BCUT2D eigenvalue weighted by Crippen LogP contribution is -2.17. The number of amides is 1. The molecule has 3 heterocycles. The summed E-state index contributed by atoms with van der Waals surface area (Å²) < 4.78 is 15.6. The topological polar surface area (TPSA) is 76.9 Å². The molecule has 0 bridgehead atoms. The first kappa shape index (κ1) is 11.3. The van der Waals surface area contributed by atoms with Crippen LogP contribution in [0.3, 0.4) is 0 Å². The van der Waals surface area contributed by atoms with Crippen LogP contribution in [0.15, 0.2) is 42.7 Å². The van der Waals surface area contributed by atoms with Crippen LogP contribution in [0.1, 0.15) is 0 Å². The first-order valence-electron chi connectivity index (χ1n) is 5.90. The van der Waals surface area contributed by atoms with Gasteiger partial charge in [0.15, 0.2) is 16.0 Å². The van der Waals surface area contributed by atoms with Crippen LogP contribution in [-0.2, 0) is 15.8 Å². The highest BCUT2D eigenvalue weighted by molar-refractivity contribution is 7.93. The smallest absolute Gasteiger partial charge is 0.258 e. The van der Waals surface area contributed by atoms with Gasteiger partial charge in [-0.25, -0.2) is 8.89 Å². The van der Waals surface area contributed by atoms with E-state index in [2.05, 4.69) is 14.8 Å². The SMILES string of the molecule is O=C1C=C(n2ncc3c4ccccc4ncc32)S(=O)N1. The number of hydrogen-bond donors (Lipinski definition) is 1. The molecule has 0 spiro atoms. The minimum Gasteiger partial charge on any atom is -0.269 e. The van der Waals surface area contributed by atoms with E-state index in [1.54, 1.807) is 12.4 Å². The number of carbonyl (C=O) groups is 1. The average molecular weight is 284 g/mol. The molecule has 1 aliphatic heterocycles. The Hall–Kier alpha value is -2.54. The van der Waals surface area contributed by atoms with Gasteiger partial charge in [0, 0.05) is 16.8 Å². The maximum absolute atomic E-state index is 11.8. The van der Waals surface area contributed by atoms with Crippen molar-refractivity contribution in [1.82, 2.24) is 19.5 Å². The Morgan fingerprint density at radius 2 is 2.00 bits per heavy atom.